The Balaban J connectivity index is 2.97. The van der Waals surface area contributed by atoms with Gasteiger partial charge in [0.15, 0.2) is 0 Å². The smallest absolute Gasteiger partial charge is 0.124 e. The van der Waals surface area contributed by atoms with Crippen LogP contribution in [0.5, 0.6) is 5.75 Å². The third kappa shape index (κ3) is 3.50. The largest absolute Gasteiger partial charge is 0.507 e. The molecular weight excluding hydrogens is 242 g/mol. The summed E-state index contributed by atoms with van der Waals surface area (Å²) in [4.78, 5) is 4.32. The van der Waals surface area contributed by atoms with Gasteiger partial charge >= 0.3 is 0 Å². The van der Waals surface area contributed by atoms with Gasteiger partial charge in [0.2, 0.25) is 0 Å². The van der Waals surface area contributed by atoms with Gasteiger partial charge in [0.05, 0.1) is 5.54 Å². The molecule has 1 N–H and O–H groups in total. The molecule has 1 aromatic rings. The summed E-state index contributed by atoms with van der Waals surface area (Å²) < 4.78 is 0.936. The third-order valence-corrected chi connectivity index (χ3v) is 2.07. The van der Waals surface area contributed by atoms with Crippen LogP contribution in [0.1, 0.15) is 26.3 Å². The molecule has 0 aromatic heterocycles. The Kier molecular flexibility index (Phi) is 3.32. The fourth-order valence-electron chi connectivity index (χ4n) is 0.892. The number of aliphatic imine (C=N–C) groups is 1. The lowest BCUT2D eigenvalue weighted by molar-refractivity contribution is 0.474. The average Bonchev–Trinajstić information content (AvgIpc) is 2.05. The van der Waals surface area contributed by atoms with Crippen molar-refractivity contribution in [3.8, 4) is 5.75 Å². The number of aromatic hydroxyl groups is 1. The maximum Gasteiger partial charge on any atom is 0.124 e. The zero-order valence-electron chi connectivity index (χ0n) is 8.58. The molecular formula is C11H14BrNO. The standard InChI is InChI=1S/C11H14BrNO/c1-11(2,3)13-7-8-6-9(12)4-5-10(8)14/h4-7,14H,1-3H3. The van der Waals surface area contributed by atoms with E-state index >= 15 is 0 Å². The van der Waals surface area contributed by atoms with Gasteiger partial charge in [0.1, 0.15) is 5.75 Å². The van der Waals surface area contributed by atoms with Gasteiger partial charge in [-0.25, -0.2) is 0 Å². The number of hydrogen-bond donors (Lipinski definition) is 1. The highest BCUT2D eigenvalue weighted by Gasteiger charge is 2.06. The van der Waals surface area contributed by atoms with Crippen molar-refractivity contribution in [2.24, 2.45) is 4.99 Å². The zero-order valence-corrected chi connectivity index (χ0v) is 10.2. The Bertz CT molecular complexity index is 353. The van der Waals surface area contributed by atoms with Crippen molar-refractivity contribution in [3.63, 3.8) is 0 Å². The second kappa shape index (κ2) is 4.13. The molecule has 0 saturated heterocycles. The van der Waals surface area contributed by atoms with Gasteiger partial charge in [0.25, 0.3) is 0 Å². The van der Waals surface area contributed by atoms with Crippen LogP contribution < -0.4 is 0 Å². The molecule has 0 bridgehead atoms. The summed E-state index contributed by atoms with van der Waals surface area (Å²) in [5.41, 5.74) is 0.615. The minimum absolute atomic E-state index is 0.116. The van der Waals surface area contributed by atoms with Gasteiger partial charge in [-0.05, 0) is 39.0 Å². The van der Waals surface area contributed by atoms with Gasteiger partial charge in [-0.2, -0.15) is 0 Å². The number of nitrogens with zero attached hydrogens (tertiary/aromatic N) is 1. The van der Waals surface area contributed by atoms with E-state index in [-0.39, 0.29) is 11.3 Å². The lowest BCUT2D eigenvalue weighted by Gasteiger charge is -2.11. The van der Waals surface area contributed by atoms with Crippen LogP contribution in [0.4, 0.5) is 0 Å². The Morgan fingerprint density at radius 1 is 1.36 bits per heavy atom. The fraction of sp³-hybridized carbons (Fsp3) is 0.364. The molecule has 0 spiro atoms. The summed E-state index contributed by atoms with van der Waals surface area (Å²) in [5.74, 6) is 0.251. The maximum absolute atomic E-state index is 9.52. The second-order valence-electron chi connectivity index (χ2n) is 4.13. The SMILES string of the molecule is CC(C)(C)N=Cc1cc(Br)ccc1O. The summed E-state index contributed by atoms with van der Waals surface area (Å²) in [6, 6.07) is 5.28. The van der Waals surface area contributed by atoms with Gasteiger partial charge in [-0.1, -0.05) is 15.9 Å². The van der Waals surface area contributed by atoms with Crippen LogP contribution in [0.2, 0.25) is 0 Å². The monoisotopic (exact) mass is 255 g/mol. The number of phenols is 1. The highest BCUT2D eigenvalue weighted by Crippen LogP contribution is 2.20. The van der Waals surface area contributed by atoms with Gasteiger partial charge in [-0.15, -0.1) is 0 Å². The van der Waals surface area contributed by atoms with Crippen LogP contribution in [0.3, 0.4) is 0 Å². The van der Waals surface area contributed by atoms with E-state index in [1.807, 2.05) is 26.8 Å². The van der Waals surface area contributed by atoms with E-state index in [4.69, 9.17) is 0 Å². The molecule has 0 aliphatic carbocycles. The van der Waals surface area contributed by atoms with Crippen molar-refractivity contribution < 1.29 is 5.11 Å². The first kappa shape index (κ1) is 11.2. The molecule has 76 valence electrons. The Morgan fingerprint density at radius 3 is 2.57 bits per heavy atom. The predicted molar refractivity (Wildman–Crippen MR) is 63.2 cm³/mol. The summed E-state index contributed by atoms with van der Waals surface area (Å²) in [5, 5.41) is 9.52. The normalized spacial score (nSPS) is 12.3. The fourth-order valence-corrected chi connectivity index (χ4v) is 1.27. The van der Waals surface area contributed by atoms with Gasteiger partial charge in [-0.3, -0.25) is 4.99 Å². The molecule has 2 nitrogen and oxygen atoms in total. The molecule has 0 aliphatic rings. The minimum Gasteiger partial charge on any atom is -0.507 e. The molecule has 0 heterocycles. The highest BCUT2D eigenvalue weighted by atomic mass is 79.9. The van der Waals surface area contributed by atoms with Crippen LogP contribution >= 0.6 is 15.9 Å². The second-order valence-corrected chi connectivity index (χ2v) is 5.05. The van der Waals surface area contributed by atoms with E-state index in [1.54, 1.807) is 18.3 Å². The number of phenolic OH excluding ortho intramolecular Hbond substituents is 1. The summed E-state index contributed by atoms with van der Waals surface area (Å²) in [7, 11) is 0. The number of hydrogen-bond acceptors (Lipinski definition) is 2. The molecule has 1 aromatic carbocycles. The number of rotatable bonds is 1. The Hall–Kier alpha value is -0.830. The summed E-state index contributed by atoms with van der Waals surface area (Å²) in [6.45, 7) is 6.04. The Morgan fingerprint density at radius 2 is 2.00 bits per heavy atom. The van der Waals surface area contributed by atoms with Crippen LogP contribution in [-0.2, 0) is 0 Å². The van der Waals surface area contributed by atoms with Crippen molar-refractivity contribution in [1.82, 2.24) is 0 Å². The van der Waals surface area contributed by atoms with E-state index in [2.05, 4.69) is 20.9 Å². The first-order valence-electron chi connectivity index (χ1n) is 4.42. The quantitative estimate of drug-likeness (QED) is 0.767. The molecule has 0 radical (unpaired) electrons. The van der Waals surface area contributed by atoms with E-state index in [0.717, 1.165) is 10.0 Å². The molecule has 3 heteroatoms. The van der Waals surface area contributed by atoms with E-state index in [9.17, 15) is 5.11 Å². The molecule has 0 atom stereocenters. The van der Waals surface area contributed by atoms with Crippen molar-refractivity contribution in [2.45, 2.75) is 26.3 Å². The minimum atomic E-state index is -0.116. The lowest BCUT2D eigenvalue weighted by Crippen LogP contribution is -2.09. The first-order valence-corrected chi connectivity index (χ1v) is 5.21. The van der Waals surface area contributed by atoms with Crippen molar-refractivity contribution in [2.75, 3.05) is 0 Å². The first-order chi connectivity index (χ1) is 6.38. The summed E-state index contributed by atoms with van der Waals surface area (Å²) >= 11 is 3.34. The van der Waals surface area contributed by atoms with E-state index < -0.39 is 0 Å². The van der Waals surface area contributed by atoms with Crippen LogP contribution in [0.15, 0.2) is 27.7 Å². The Labute approximate surface area is 92.8 Å². The average molecular weight is 256 g/mol. The molecule has 1 rings (SSSR count). The van der Waals surface area contributed by atoms with Crippen molar-refractivity contribution >= 4 is 22.1 Å². The molecule has 0 amide bonds. The maximum atomic E-state index is 9.52. The van der Waals surface area contributed by atoms with E-state index in [0.29, 0.717) is 0 Å². The van der Waals surface area contributed by atoms with Gasteiger partial charge < -0.3 is 5.11 Å². The van der Waals surface area contributed by atoms with Crippen LogP contribution in [-0.4, -0.2) is 16.9 Å². The predicted octanol–water partition coefficient (Wildman–Crippen LogP) is 3.37. The topological polar surface area (TPSA) is 32.6 Å². The van der Waals surface area contributed by atoms with Crippen molar-refractivity contribution in [1.29, 1.82) is 0 Å². The van der Waals surface area contributed by atoms with Crippen molar-refractivity contribution in [3.05, 3.63) is 28.2 Å². The highest BCUT2D eigenvalue weighted by molar-refractivity contribution is 9.10. The lowest BCUT2D eigenvalue weighted by atomic mass is 10.1. The van der Waals surface area contributed by atoms with Gasteiger partial charge in [0, 0.05) is 16.3 Å². The number of benzene rings is 1. The molecule has 0 unspecified atom stereocenters. The summed E-state index contributed by atoms with van der Waals surface area (Å²) in [6.07, 6.45) is 1.69. The third-order valence-electron chi connectivity index (χ3n) is 1.58. The molecule has 0 aliphatic heterocycles. The number of halogens is 1. The molecule has 0 fully saturated rings. The van der Waals surface area contributed by atoms with E-state index in [1.165, 1.54) is 0 Å². The molecule has 0 saturated carbocycles. The zero-order chi connectivity index (χ0) is 10.8. The van der Waals surface area contributed by atoms with Crippen LogP contribution in [0, 0.1) is 0 Å². The van der Waals surface area contributed by atoms with Crippen LogP contribution in [0.25, 0.3) is 0 Å². The molecule has 14 heavy (non-hydrogen) atoms.